The van der Waals surface area contributed by atoms with Crippen molar-refractivity contribution in [2.45, 2.75) is 143 Å². The monoisotopic (exact) mass is 624 g/mol. The number of rotatable bonds is 11. The predicted octanol–water partition coefficient (Wildman–Crippen LogP) is 8.52. The molecular formula is C33H56O9Si. The lowest BCUT2D eigenvalue weighted by atomic mass is 9.78. The SMILES string of the molecule is CO[Si](C)(CCCCOC(=O)CCc1cc(C(C)(C)C)c(OC(=O)OC(C)(C)C)c(C(C)(C)C)c1)OC(=O)OC(C)(C)C. The van der Waals surface area contributed by atoms with Gasteiger partial charge in [-0.2, -0.15) is 0 Å². The zero-order valence-electron chi connectivity index (χ0n) is 29.1. The van der Waals surface area contributed by atoms with Gasteiger partial charge in [-0.3, -0.25) is 4.79 Å². The molecule has 0 heterocycles. The molecule has 1 aromatic carbocycles. The van der Waals surface area contributed by atoms with Crippen molar-refractivity contribution < 1.29 is 42.2 Å². The summed E-state index contributed by atoms with van der Waals surface area (Å²) in [7, 11) is -1.22. The standard InChI is InChI=1S/C33H56O9Si/c1-30(2,3)24-21-23(22-25(31(4,5)6)27(24)39-28(35)40-32(7,8)9)17-18-26(34)38-19-15-16-20-43(14,37-13)42-29(36)41-33(10,11)12/h21-22H,15-20H2,1-14H3. The van der Waals surface area contributed by atoms with Gasteiger partial charge in [-0.05, 0) is 83.7 Å². The van der Waals surface area contributed by atoms with Crippen molar-refractivity contribution >= 4 is 26.8 Å². The summed E-state index contributed by atoms with van der Waals surface area (Å²) in [6.45, 7) is 25.2. The van der Waals surface area contributed by atoms with Crippen LogP contribution in [0.4, 0.5) is 9.59 Å². The van der Waals surface area contributed by atoms with Gasteiger partial charge in [0.05, 0.1) is 6.61 Å². The number of aryl methyl sites for hydroxylation is 1. The van der Waals surface area contributed by atoms with Crippen LogP contribution in [0.25, 0.3) is 0 Å². The quantitative estimate of drug-likeness (QED) is 0.0787. The second-order valence-electron chi connectivity index (χ2n) is 15.2. The number of carbonyl (C=O) groups is 3. The molecule has 1 atom stereocenters. The Kier molecular flexibility index (Phi) is 13.3. The van der Waals surface area contributed by atoms with Gasteiger partial charge in [0.2, 0.25) is 0 Å². The number of esters is 1. The number of ether oxygens (including phenoxy) is 4. The number of benzene rings is 1. The summed E-state index contributed by atoms with van der Waals surface area (Å²) in [5.41, 5.74) is 0.709. The van der Waals surface area contributed by atoms with Crippen molar-refractivity contribution in [2.75, 3.05) is 13.7 Å². The lowest BCUT2D eigenvalue weighted by Crippen LogP contribution is -2.41. The van der Waals surface area contributed by atoms with Crippen LogP contribution in [0, 0.1) is 0 Å². The predicted molar refractivity (Wildman–Crippen MR) is 170 cm³/mol. The molecule has 43 heavy (non-hydrogen) atoms. The Bertz CT molecular complexity index is 1070. The third kappa shape index (κ3) is 14.6. The summed E-state index contributed by atoms with van der Waals surface area (Å²) in [6.07, 6.45) is 0.514. The molecule has 0 bridgehead atoms. The van der Waals surface area contributed by atoms with E-state index in [0.717, 1.165) is 16.7 Å². The maximum atomic E-state index is 12.7. The van der Waals surface area contributed by atoms with Crippen molar-refractivity contribution in [3.05, 3.63) is 28.8 Å². The Balaban J connectivity index is 2.86. The molecule has 1 rings (SSSR count). The van der Waals surface area contributed by atoms with Gasteiger partial charge in [-0.15, -0.1) is 0 Å². The zero-order valence-corrected chi connectivity index (χ0v) is 30.1. The van der Waals surface area contributed by atoms with Gasteiger partial charge in [0.15, 0.2) is 0 Å². The molecule has 0 aliphatic carbocycles. The minimum absolute atomic E-state index is 0.214. The molecule has 0 spiro atoms. The normalized spacial score (nSPS) is 14.0. The van der Waals surface area contributed by atoms with Gasteiger partial charge in [0, 0.05) is 30.7 Å². The van der Waals surface area contributed by atoms with Crippen LogP contribution < -0.4 is 4.74 Å². The smallest absolute Gasteiger partial charge is 0.466 e. The molecule has 0 N–H and O–H groups in total. The first-order chi connectivity index (χ1) is 19.3. The van der Waals surface area contributed by atoms with Gasteiger partial charge < -0.3 is 27.8 Å². The average Bonchev–Trinajstić information content (AvgIpc) is 2.79. The summed E-state index contributed by atoms with van der Waals surface area (Å²) < 4.78 is 33.1. The molecule has 0 aliphatic rings. The molecule has 0 fully saturated rings. The van der Waals surface area contributed by atoms with Gasteiger partial charge in [0.25, 0.3) is 0 Å². The first kappa shape index (κ1) is 38.4. The summed E-state index contributed by atoms with van der Waals surface area (Å²) in [6, 6.07) is 4.56. The van der Waals surface area contributed by atoms with E-state index >= 15 is 0 Å². The Morgan fingerprint density at radius 3 is 1.67 bits per heavy atom. The van der Waals surface area contributed by atoms with Gasteiger partial charge >= 0.3 is 26.8 Å². The number of hydrogen-bond donors (Lipinski definition) is 0. The fourth-order valence-electron chi connectivity index (χ4n) is 4.11. The molecule has 9 nitrogen and oxygen atoms in total. The molecule has 0 amide bonds. The second kappa shape index (κ2) is 14.9. The highest BCUT2D eigenvalue weighted by atomic mass is 28.4. The van der Waals surface area contributed by atoms with Crippen LogP contribution in [0.2, 0.25) is 12.6 Å². The third-order valence-corrected chi connectivity index (χ3v) is 9.09. The maximum absolute atomic E-state index is 12.7. The van der Waals surface area contributed by atoms with Gasteiger partial charge in [-0.25, -0.2) is 9.59 Å². The third-order valence-electron chi connectivity index (χ3n) is 6.37. The summed E-state index contributed by atoms with van der Waals surface area (Å²) in [5.74, 6) is 0.211. The average molecular weight is 625 g/mol. The molecule has 0 aliphatic heterocycles. The van der Waals surface area contributed by atoms with E-state index in [0.29, 0.717) is 31.1 Å². The summed E-state index contributed by atoms with van der Waals surface area (Å²) in [4.78, 5) is 37.4. The largest absolute Gasteiger partial charge is 0.514 e. The van der Waals surface area contributed by atoms with Crippen LogP contribution in [0.1, 0.15) is 119 Å². The van der Waals surface area contributed by atoms with E-state index in [1.807, 2.05) is 18.7 Å². The molecular weight excluding hydrogens is 568 g/mol. The highest BCUT2D eigenvalue weighted by Crippen LogP contribution is 2.41. The van der Waals surface area contributed by atoms with E-state index in [9.17, 15) is 14.4 Å². The first-order valence-electron chi connectivity index (χ1n) is 15.1. The number of hydrogen-bond acceptors (Lipinski definition) is 9. The van der Waals surface area contributed by atoms with Crippen molar-refractivity contribution in [1.29, 1.82) is 0 Å². The van der Waals surface area contributed by atoms with Crippen LogP contribution in [-0.2, 0) is 45.1 Å². The van der Waals surface area contributed by atoms with Crippen LogP contribution in [0.5, 0.6) is 5.75 Å². The van der Waals surface area contributed by atoms with Crippen LogP contribution >= 0.6 is 0 Å². The fraction of sp³-hybridized carbons (Fsp3) is 0.727. The minimum atomic E-state index is -2.75. The van der Waals surface area contributed by atoms with Crippen molar-refractivity contribution in [3.63, 3.8) is 0 Å². The summed E-state index contributed by atoms with van der Waals surface area (Å²) in [5, 5.41) is 0. The molecule has 0 aromatic heterocycles. The van der Waals surface area contributed by atoms with Gasteiger partial charge in [-0.1, -0.05) is 53.7 Å². The molecule has 0 saturated heterocycles. The van der Waals surface area contributed by atoms with E-state index in [1.165, 1.54) is 7.11 Å². The van der Waals surface area contributed by atoms with Gasteiger partial charge in [0.1, 0.15) is 17.0 Å². The van der Waals surface area contributed by atoms with Crippen LogP contribution in [0.15, 0.2) is 12.1 Å². The number of unbranched alkanes of at least 4 members (excludes halogenated alkanes) is 1. The lowest BCUT2D eigenvalue weighted by molar-refractivity contribution is -0.143. The van der Waals surface area contributed by atoms with E-state index in [4.69, 9.17) is 27.8 Å². The molecule has 10 heteroatoms. The topological polar surface area (TPSA) is 107 Å². The Hall–Kier alpha value is -2.59. The van der Waals surface area contributed by atoms with E-state index < -0.39 is 32.1 Å². The van der Waals surface area contributed by atoms with Crippen molar-refractivity contribution in [3.8, 4) is 5.75 Å². The number of carbonyl (C=O) groups excluding carboxylic acids is 3. The Labute approximate surface area is 260 Å². The van der Waals surface area contributed by atoms with Crippen molar-refractivity contribution in [2.24, 2.45) is 0 Å². The van der Waals surface area contributed by atoms with Crippen LogP contribution in [-0.4, -0.2) is 51.8 Å². The second-order valence-corrected chi connectivity index (χ2v) is 18.5. The van der Waals surface area contributed by atoms with E-state index in [1.54, 1.807) is 41.5 Å². The van der Waals surface area contributed by atoms with Crippen LogP contribution in [0.3, 0.4) is 0 Å². The highest BCUT2D eigenvalue weighted by molar-refractivity contribution is 6.67. The Morgan fingerprint density at radius 1 is 0.744 bits per heavy atom. The Morgan fingerprint density at radius 2 is 1.23 bits per heavy atom. The molecule has 0 radical (unpaired) electrons. The molecule has 1 aromatic rings. The molecule has 1 unspecified atom stereocenters. The molecule has 246 valence electrons. The highest BCUT2D eigenvalue weighted by Gasteiger charge is 2.36. The summed E-state index contributed by atoms with van der Waals surface area (Å²) >= 11 is 0. The maximum Gasteiger partial charge on any atom is 0.514 e. The fourth-order valence-corrected chi connectivity index (χ4v) is 5.78. The van der Waals surface area contributed by atoms with E-state index in [2.05, 4.69) is 41.5 Å². The minimum Gasteiger partial charge on any atom is -0.466 e. The van der Waals surface area contributed by atoms with Crippen molar-refractivity contribution in [1.82, 2.24) is 0 Å². The van der Waals surface area contributed by atoms with E-state index in [-0.39, 0.29) is 29.8 Å². The zero-order chi connectivity index (χ0) is 33.4. The molecule has 0 saturated carbocycles. The first-order valence-corrected chi connectivity index (χ1v) is 17.6. The lowest BCUT2D eigenvalue weighted by Gasteiger charge is -2.30.